The second-order valence-electron chi connectivity index (χ2n) is 4.31. The molecule has 0 aromatic heterocycles. The van der Waals surface area contributed by atoms with Crippen LogP contribution in [0.3, 0.4) is 0 Å². The van der Waals surface area contributed by atoms with Gasteiger partial charge >= 0.3 is 0 Å². The molecule has 114 valence electrons. The average Bonchev–Trinajstić information content (AvgIpc) is 2.41. The third-order valence-electron chi connectivity index (χ3n) is 2.58. The first-order valence-electron chi connectivity index (χ1n) is 6.50. The topological polar surface area (TPSA) is 38.7 Å². The quantitative estimate of drug-likeness (QED) is 0.684. The molecule has 0 aliphatic rings. The largest absolute Gasteiger partial charge is 0.492 e. The Morgan fingerprint density at radius 3 is 2.65 bits per heavy atom. The van der Waals surface area contributed by atoms with Crippen LogP contribution in [0.4, 0.5) is 8.78 Å². The Kier molecular flexibility index (Phi) is 8.02. The van der Waals surface area contributed by atoms with E-state index in [1.54, 1.807) is 18.2 Å². The van der Waals surface area contributed by atoms with Gasteiger partial charge in [0.2, 0.25) is 0 Å². The van der Waals surface area contributed by atoms with E-state index in [0.717, 1.165) is 16.6 Å². The monoisotopic (exact) mass is 352 g/mol. The number of hydrogen-bond donors (Lipinski definition) is 1. The van der Waals surface area contributed by atoms with Crippen LogP contribution in [-0.4, -0.2) is 31.4 Å². The lowest BCUT2D eigenvalue weighted by atomic mass is 10.1. The van der Waals surface area contributed by atoms with Crippen molar-refractivity contribution in [1.29, 1.82) is 0 Å². The fraction of sp³-hybridized carbons (Fsp3) is 0.571. The predicted octanol–water partition coefficient (Wildman–Crippen LogP) is 3.94. The molecule has 6 heteroatoms. The van der Waals surface area contributed by atoms with Crippen LogP contribution in [0.1, 0.15) is 31.4 Å². The predicted molar refractivity (Wildman–Crippen MR) is 76.3 cm³/mol. The van der Waals surface area contributed by atoms with Crippen molar-refractivity contribution in [2.45, 2.75) is 32.3 Å². The molecule has 0 saturated carbocycles. The Morgan fingerprint density at radius 1 is 1.30 bits per heavy atom. The maximum absolute atomic E-state index is 11.9. The molecule has 0 saturated heterocycles. The van der Waals surface area contributed by atoms with Gasteiger partial charge in [-0.1, -0.05) is 13.0 Å². The maximum atomic E-state index is 11.9. The van der Waals surface area contributed by atoms with Gasteiger partial charge in [-0.2, -0.15) is 0 Å². The minimum atomic E-state index is -2.48. The standard InChI is InChI=1S/C14H19BrF2O3/c1-2-6-20-13-4-3-10(8-11(13)15)12(18)5-7-19-9-14(16)17/h3-4,8,12,14,18H,2,5-7,9H2,1H3. The summed E-state index contributed by atoms with van der Waals surface area (Å²) in [4.78, 5) is 0. The molecular formula is C14H19BrF2O3. The van der Waals surface area contributed by atoms with Crippen LogP contribution in [0.15, 0.2) is 22.7 Å². The van der Waals surface area contributed by atoms with E-state index in [4.69, 9.17) is 9.47 Å². The zero-order valence-corrected chi connectivity index (χ0v) is 12.9. The Hall–Kier alpha value is -0.720. The lowest BCUT2D eigenvalue weighted by Crippen LogP contribution is -2.08. The molecule has 0 aliphatic heterocycles. The lowest BCUT2D eigenvalue weighted by Gasteiger charge is -2.13. The molecule has 0 spiro atoms. The number of aliphatic hydroxyl groups excluding tert-OH is 1. The fourth-order valence-corrected chi connectivity index (χ4v) is 2.10. The molecule has 1 aromatic rings. The SMILES string of the molecule is CCCOc1ccc(C(O)CCOCC(F)F)cc1Br. The second-order valence-corrected chi connectivity index (χ2v) is 5.16. The van der Waals surface area contributed by atoms with Gasteiger partial charge in [0.1, 0.15) is 12.4 Å². The highest BCUT2D eigenvalue weighted by atomic mass is 79.9. The minimum absolute atomic E-state index is 0.0945. The Balaban J connectivity index is 2.47. The molecule has 1 unspecified atom stereocenters. The van der Waals surface area contributed by atoms with E-state index in [1.165, 1.54) is 0 Å². The lowest BCUT2D eigenvalue weighted by molar-refractivity contribution is 0.00480. The summed E-state index contributed by atoms with van der Waals surface area (Å²) in [5, 5.41) is 9.95. The number of halogens is 3. The summed E-state index contributed by atoms with van der Waals surface area (Å²) in [7, 11) is 0. The van der Waals surface area contributed by atoms with Gasteiger partial charge in [-0.25, -0.2) is 8.78 Å². The third kappa shape index (κ3) is 6.15. The van der Waals surface area contributed by atoms with E-state index >= 15 is 0 Å². The first-order chi connectivity index (χ1) is 9.54. The van der Waals surface area contributed by atoms with Crippen molar-refractivity contribution < 1.29 is 23.4 Å². The minimum Gasteiger partial charge on any atom is -0.492 e. The number of ether oxygens (including phenoxy) is 2. The highest BCUT2D eigenvalue weighted by Gasteiger charge is 2.11. The van der Waals surface area contributed by atoms with Gasteiger partial charge in [-0.05, 0) is 40.0 Å². The van der Waals surface area contributed by atoms with E-state index in [0.29, 0.717) is 12.2 Å². The highest BCUT2D eigenvalue weighted by molar-refractivity contribution is 9.10. The van der Waals surface area contributed by atoms with E-state index in [-0.39, 0.29) is 13.0 Å². The van der Waals surface area contributed by atoms with Crippen molar-refractivity contribution >= 4 is 15.9 Å². The first-order valence-corrected chi connectivity index (χ1v) is 7.30. The van der Waals surface area contributed by atoms with E-state index in [9.17, 15) is 13.9 Å². The number of rotatable bonds is 9. The summed E-state index contributed by atoms with van der Waals surface area (Å²) in [6.07, 6.45) is -2.03. The molecule has 0 radical (unpaired) electrons. The Labute approximate surface area is 126 Å². The van der Waals surface area contributed by atoms with Crippen LogP contribution < -0.4 is 4.74 Å². The summed E-state index contributed by atoms with van der Waals surface area (Å²) in [6, 6.07) is 5.30. The summed E-state index contributed by atoms with van der Waals surface area (Å²) in [5.41, 5.74) is 0.696. The summed E-state index contributed by atoms with van der Waals surface area (Å²) < 4.78 is 34.8. The van der Waals surface area contributed by atoms with Crippen molar-refractivity contribution in [2.24, 2.45) is 0 Å². The molecular weight excluding hydrogens is 334 g/mol. The van der Waals surface area contributed by atoms with E-state index in [2.05, 4.69) is 15.9 Å². The molecule has 20 heavy (non-hydrogen) atoms. The molecule has 0 amide bonds. The summed E-state index contributed by atoms with van der Waals surface area (Å²) in [6.45, 7) is 2.14. The fourth-order valence-electron chi connectivity index (χ4n) is 1.59. The normalized spacial score (nSPS) is 12.7. The molecule has 0 heterocycles. The van der Waals surface area contributed by atoms with Crippen molar-refractivity contribution in [3.8, 4) is 5.75 Å². The molecule has 1 rings (SSSR count). The second kappa shape index (κ2) is 9.26. The Morgan fingerprint density at radius 2 is 2.05 bits per heavy atom. The van der Waals surface area contributed by atoms with Crippen LogP contribution in [0.25, 0.3) is 0 Å². The van der Waals surface area contributed by atoms with Crippen molar-refractivity contribution in [1.82, 2.24) is 0 Å². The van der Waals surface area contributed by atoms with Gasteiger partial charge in [-0.15, -0.1) is 0 Å². The van der Waals surface area contributed by atoms with Crippen LogP contribution in [0, 0.1) is 0 Å². The first kappa shape index (κ1) is 17.3. The molecule has 1 aromatic carbocycles. The van der Waals surface area contributed by atoms with Crippen LogP contribution >= 0.6 is 15.9 Å². The van der Waals surface area contributed by atoms with Gasteiger partial charge in [0, 0.05) is 13.0 Å². The van der Waals surface area contributed by atoms with Crippen molar-refractivity contribution in [3.63, 3.8) is 0 Å². The van der Waals surface area contributed by atoms with Gasteiger partial charge in [0.15, 0.2) is 0 Å². The van der Waals surface area contributed by atoms with Gasteiger partial charge in [-0.3, -0.25) is 0 Å². The van der Waals surface area contributed by atoms with Crippen LogP contribution in [0.5, 0.6) is 5.75 Å². The van der Waals surface area contributed by atoms with Crippen molar-refractivity contribution in [3.05, 3.63) is 28.2 Å². The molecule has 0 aliphatic carbocycles. The third-order valence-corrected chi connectivity index (χ3v) is 3.20. The van der Waals surface area contributed by atoms with E-state index < -0.39 is 19.1 Å². The van der Waals surface area contributed by atoms with Gasteiger partial charge in [0.05, 0.1) is 17.2 Å². The number of alkyl halides is 2. The van der Waals surface area contributed by atoms with Crippen LogP contribution in [0.2, 0.25) is 0 Å². The van der Waals surface area contributed by atoms with Gasteiger partial charge in [0.25, 0.3) is 6.43 Å². The summed E-state index contributed by atoms with van der Waals surface area (Å²) >= 11 is 3.38. The smallest absolute Gasteiger partial charge is 0.261 e. The molecule has 1 N–H and O–H groups in total. The molecule has 1 atom stereocenters. The molecule has 0 fully saturated rings. The Bertz CT molecular complexity index is 402. The maximum Gasteiger partial charge on any atom is 0.261 e. The number of hydrogen-bond acceptors (Lipinski definition) is 3. The van der Waals surface area contributed by atoms with Crippen LogP contribution in [-0.2, 0) is 4.74 Å². The average molecular weight is 353 g/mol. The highest BCUT2D eigenvalue weighted by Crippen LogP contribution is 2.29. The zero-order valence-electron chi connectivity index (χ0n) is 11.3. The number of benzene rings is 1. The molecule has 0 bridgehead atoms. The van der Waals surface area contributed by atoms with Gasteiger partial charge < -0.3 is 14.6 Å². The number of aliphatic hydroxyl groups is 1. The molecule has 3 nitrogen and oxygen atoms in total. The van der Waals surface area contributed by atoms with Crippen molar-refractivity contribution in [2.75, 3.05) is 19.8 Å². The summed E-state index contributed by atoms with van der Waals surface area (Å²) in [5.74, 6) is 0.719. The zero-order chi connectivity index (χ0) is 15.0. The van der Waals surface area contributed by atoms with E-state index in [1.807, 2.05) is 6.92 Å².